The molecule has 430 valence electrons. The molecule has 88 heavy (non-hydrogen) atoms. The van der Waals surface area contributed by atoms with Crippen molar-refractivity contribution in [2.45, 2.75) is 85.2 Å². The van der Waals surface area contributed by atoms with Gasteiger partial charge in [0.25, 0.3) is 6.71 Å². The zero-order valence-corrected chi connectivity index (χ0v) is 53.0. The van der Waals surface area contributed by atoms with E-state index in [4.69, 9.17) is 8.83 Å². The third kappa shape index (κ3) is 9.20. The van der Waals surface area contributed by atoms with E-state index in [1.165, 1.54) is 32.5 Å². The first-order valence-corrected chi connectivity index (χ1v) is 34.2. The molecule has 5 nitrogen and oxygen atoms in total. The van der Waals surface area contributed by atoms with E-state index in [1.807, 2.05) is 0 Å². The first-order chi connectivity index (χ1) is 42.5. The highest BCUT2D eigenvalue weighted by atomic mass is 28.3. The van der Waals surface area contributed by atoms with E-state index in [-0.39, 0.29) is 17.5 Å². The zero-order chi connectivity index (χ0) is 60.4. The Balaban J connectivity index is 1.06. The number of rotatable bonds is 10. The maximum atomic E-state index is 7.60. The molecule has 0 amide bonds. The summed E-state index contributed by atoms with van der Waals surface area (Å²) in [6, 6.07) is 92.9. The largest absolute Gasteiger partial charge is 0.468 e. The summed E-state index contributed by atoms with van der Waals surface area (Å²) in [5.74, 6) is 0.428. The summed E-state index contributed by atoms with van der Waals surface area (Å²) < 4.78 is 14.2. The van der Waals surface area contributed by atoms with Gasteiger partial charge in [-0.2, -0.15) is 0 Å². The third-order valence-electron chi connectivity index (χ3n) is 18.9. The lowest BCUT2D eigenvalue weighted by atomic mass is 9.35. The minimum atomic E-state index is -2.53. The van der Waals surface area contributed by atoms with Gasteiger partial charge in [0.05, 0.1) is 17.0 Å². The van der Waals surface area contributed by atoms with Crippen LogP contribution >= 0.6 is 0 Å². The fourth-order valence-corrected chi connectivity index (χ4v) is 16.1. The van der Waals surface area contributed by atoms with Gasteiger partial charge in [-0.05, 0) is 152 Å². The summed E-state index contributed by atoms with van der Waals surface area (Å²) in [5.41, 5.74) is 24.1. The van der Waals surface area contributed by atoms with E-state index in [0.29, 0.717) is 5.92 Å². The number of hydrogen-bond donors (Lipinski definition) is 0. The molecule has 0 saturated heterocycles. The highest BCUT2D eigenvalue weighted by Crippen LogP contribution is 2.50. The van der Waals surface area contributed by atoms with E-state index in [2.05, 4.69) is 332 Å². The van der Waals surface area contributed by atoms with Crippen LogP contribution in [0.3, 0.4) is 0 Å². The van der Waals surface area contributed by atoms with Crippen molar-refractivity contribution < 1.29 is 8.83 Å². The molecule has 0 spiro atoms. The molecular formula is C81H72BN3O2Si. The number of fused-ring (bicyclic) bond motifs is 9. The molecule has 0 saturated carbocycles. The van der Waals surface area contributed by atoms with E-state index in [1.54, 1.807) is 0 Å². The number of nitrogens with zero attached hydrogens (tertiary/aromatic N) is 3. The predicted octanol–water partition coefficient (Wildman–Crippen LogP) is 19.8. The van der Waals surface area contributed by atoms with Gasteiger partial charge in [0.1, 0.15) is 24.8 Å². The van der Waals surface area contributed by atoms with Crippen molar-refractivity contribution in [3.05, 3.63) is 265 Å². The predicted molar refractivity (Wildman–Crippen MR) is 378 cm³/mol. The van der Waals surface area contributed by atoms with Crippen LogP contribution in [-0.4, -0.2) is 14.8 Å². The second kappa shape index (κ2) is 20.8. The Morgan fingerprint density at radius 1 is 0.432 bits per heavy atom. The molecular weight excluding hydrogens is 1090 g/mol. The summed E-state index contributed by atoms with van der Waals surface area (Å²) in [6.07, 6.45) is 0. The van der Waals surface area contributed by atoms with Gasteiger partial charge in [-0.3, -0.25) is 0 Å². The third-order valence-corrected chi connectivity index (χ3v) is 22.4. The van der Waals surface area contributed by atoms with Gasteiger partial charge >= 0.3 is 0 Å². The molecule has 7 heteroatoms. The van der Waals surface area contributed by atoms with Gasteiger partial charge < -0.3 is 23.5 Å². The maximum absolute atomic E-state index is 7.60. The van der Waals surface area contributed by atoms with Gasteiger partial charge in [-0.1, -0.05) is 237 Å². The molecule has 15 rings (SSSR count). The molecule has 2 aliphatic heterocycles. The first-order valence-electron chi connectivity index (χ1n) is 31.2. The van der Waals surface area contributed by atoms with Crippen molar-refractivity contribution >= 4 is 126 Å². The fraction of sp³-hybridized carbons (Fsp3) is 0.160. The van der Waals surface area contributed by atoms with Crippen LogP contribution in [0.5, 0.6) is 0 Å². The van der Waals surface area contributed by atoms with Gasteiger partial charge in [-0.25, -0.2) is 0 Å². The average molecular weight is 1160 g/mol. The Kier molecular flexibility index (Phi) is 13.0. The van der Waals surface area contributed by atoms with Crippen LogP contribution < -0.4 is 41.7 Å². The van der Waals surface area contributed by atoms with Crippen molar-refractivity contribution in [2.75, 3.05) is 14.7 Å². The highest BCUT2D eigenvalue weighted by Gasteiger charge is 2.48. The van der Waals surface area contributed by atoms with E-state index < -0.39 is 8.07 Å². The molecule has 2 aliphatic rings. The molecule has 0 N–H and O–H groups in total. The van der Waals surface area contributed by atoms with Crippen LogP contribution in [0, 0.1) is 0 Å². The molecule has 0 bridgehead atoms. The highest BCUT2D eigenvalue weighted by molar-refractivity contribution is 7.02. The summed E-state index contributed by atoms with van der Waals surface area (Å²) >= 11 is 0. The Bertz CT molecular complexity index is 4820. The van der Waals surface area contributed by atoms with Crippen LogP contribution in [0.1, 0.15) is 78.0 Å². The number of anilines is 9. The molecule has 2 aromatic heterocycles. The quantitative estimate of drug-likeness (QED) is 0.128. The molecule has 11 aromatic carbocycles. The monoisotopic (exact) mass is 1160 g/mol. The minimum Gasteiger partial charge on any atom is -0.468 e. The molecule has 0 radical (unpaired) electrons. The molecule has 4 heterocycles. The Morgan fingerprint density at radius 3 is 1.70 bits per heavy atom. The summed E-state index contributed by atoms with van der Waals surface area (Å²) in [6.45, 7) is 23.1. The normalized spacial score (nSPS) is 13.1. The minimum absolute atomic E-state index is 0.0246. The van der Waals surface area contributed by atoms with Gasteiger partial charge in [0, 0.05) is 61.5 Å². The van der Waals surface area contributed by atoms with Crippen molar-refractivity contribution in [2.24, 2.45) is 0 Å². The molecule has 0 atom stereocenters. The Labute approximate surface area is 519 Å². The lowest BCUT2D eigenvalue weighted by molar-refractivity contribution is 0.590. The van der Waals surface area contributed by atoms with Gasteiger partial charge in [0.15, 0.2) is 0 Å². The SMILES string of the molecule is CC(C)c1ccc([Si](C)(C)c2cc3c4c(c2)N(c2ccc(C(C)(C)C)cc2)c2c(oc5ccc(-c6ccccc6)cc25)B4c2ccc(N(c4ccc(C(C)(C)C)cc4)c4ccccc4-c4ccccc4)cc2N3c2ccc3oc4ccccc4c3c2)cc1. The second-order valence-electron chi connectivity index (χ2n) is 27.2. The fourth-order valence-electron chi connectivity index (χ4n) is 13.8. The Hall–Kier alpha value is -9.56. The van der Waals surface area contributed by atoms with E-state index in [0.717, 1.165) is 117 Å². The van der Waals surface area contributed by atoms with E-state index >= 15 is 0 Å². The summed E-state index contributed by atoms with van der Waals surface area (Å²) in [7, 11) is -2.53. The summed E-state index contributed by atoms with van der Waals surface area (Å²) in [5, 5.41) is 5.97. The maximum Gasteiger partial charge on any atom is 0.297 e. The molecule has 0 unspecified atom stereocenters. The molecule has 0 aliphatic carbocycles. The van der Waals surface area contributed by atoms with Crippen molar-refractivity contribution in [1.29, 1.82) is 0 Å². The van der Waals surface area contributed by atoms with E-state index in [9.17, 15) is 0 Å². The van der Waals surface area contributed by atoms with Crippen LogP contribution in [0.25, 0.3) is 55.2 Å². The van der Waals surface area contributed by atoms with Gasteiger partial charge in [0.2, 0.25) is 0 Å². The van der Waals surface area contributed by atoms with Crippen LogP contribution in [0.15, 0.2) is 258 Å². The topological polar surface area (TPSA) is 36.0 Å². The van der Waals surface area contributed by atoms with Crippen LogP contribution in [0.2, 0.25) is 13.1 Å². The van der Waals surface area contributed by atoms with Gasteiger partial charge in [-0.15, -0.1) is 0 Å². The zero-order valence-electron chi connectivity index (χ0n) is 52.0. The number of benzene rings is 11. The number of para-hydroxylation sites is 2. The number of furan rings is 2. The van der Waals surface area contributed by atoms with Crippen LogP contribution in [0.4, 0.5) is 51.2 Å². The Morgan fingerprint density at radius 2 is 1.01 bits per heavy atom. The smallest absolute Gasteiger partial charge is 0.297 e. The first kappa shape index (κ1) is 55.1. The average Bonchev–Trinajstić information content (AvgIpc) is 1.43. The lowest BCUT2D eigenvalue weighted by Gasteiger charge is -2.44. The number of hydrogen-bond acceptors (Lipinski definition) is 5. The lowest BCUT2D eigenvalue weighted by Crippen LogP contribution is -2.62. The van der Waals surface area contributed by atoms with Crippen molar-refractivity contribution in [3.8, 4) is 22.3 Å². The molecule has 0 fully saturated rings. The molecule has 13 aromatic rings. The standard InChI is InChI=1S/C81H72BN3O2Si/c1-52(2)53-29-42-63(43-30-53)88(9,10)64-50-72-77-73(51-64)85(60-38-34-58(35-39-60)81(6,7)8)78-68-47-56(54-21-13-11-14-22-54)31-45-76(68)87-79(78)82(77)69-44-40-62(49-71(69)84(72)61-41-46-75-67(48-61)66-26-18-20-28-74(66)86-75)83(59-36-32-57(33-37-59)80(3,4)5)70-27-19-17-25-65(70)55-23-15-12-16-24-55/h11-52H,1-10H3. The van der Waals surface area contributed by atoms with Crippen molar-refractivity contribution in [1.82, 2.24) is 0 Å². The summed E-state index contributed by atoms with van der Waals surface area (Å²) in [4.78, 5) is 7.61. The van der Waals surface area contributed by atoms with Crippen LogP contribution in [-0.2, 0) is 10.8 Å². The van der Waals surface area contributed by atoms with Crippen molar-refractivity contribution in [3.63, 3.8) is 0 Å². The second-order valence-corrected chi connectivity index (χ2v) is 31.6.